The number of carbonyl (C=O) groups excluding carboxylic acids is 1. The largest absolute Gasteiger partial charge is 0.423 e. The van der Waals surface area contributed by atoms with Crippen molar-refractivity contribution in [3.8, 4) is 11.1 Å². The Kier molecular flexibility index (Phi) is 5.41. The summed E-state index contributed by atoms with van der Waals surface area (Å²) in [6.07, 6.45) is 0.457. The molecule has 1 N–H and O–H groups in total. The number of thiazole rings is 1. The van der Waals surface area contributed by atoms with E-state index in [1.165, 1.54) is 12.7 Å². The molecule has 2 heterocycles. The summed E-state index contributed by atoms with van der Waals surface area (Å²) in [6, 6.07) is 16.5. The molecule has 0 aliphatic carbocycles. The Morgan fingerprint density at radius 3 is 2.75 bits per heavy atom. The van der Waals surface area contributed by atoms with Gasteiger partial charge in [-0.3, -0.25) is 4.79 Å². The number of nitrogens with zero attached hydrogens (tertiary/aromatic N) is 3. The van der Waals surface area contributed by atoms with E-state index in [-0.39, 0.29) is 19.1 Å². The van der Waals surface area contributed by atoms with Crippen molar-refractivity contribution in [1.82, 2.24) is 20.5 Å². The van der Waals surface area contributed by atoms with Crippen molar-refractivity contribution in [3.63, 3.8) is 0 Å². The van der Waals surface area contributed by atoms with Crippen molar-refractivity contribution >= 4 is 27.5 Å². The Labute approximate surface area is 165 Å². The Morgan fingerprint density at radius 1 is 1.11 bits per heavy atom. The number of hydrogen-bond acceptors (Lipinski definition) is 7. The van der Waals surface area contributed by atoms with Crippen LogP contribution in [0.5, 0.6) is 0 Å². The first-order valence-corrected chi connectivity index (χ1v) is 9.54. The van der Waals surface area contributed by atoms with Crippen LogP contribution in [0.4, 0.5) is 0 Å². The highest BCUT2D eigenvalue weighted by Gasteiger charge is 2.12. The van der Waals surface area contributed by atoms with Crippen molar-refractivity contribution in [2.75, 3.05) is 13.7 Å². The maximum absolute atomic E-state index is 11.4. The standard InChI is InChI=1S/C20H18N4O3S/c1-26-12-17(25)21-11-19-24-23-18(27-19)10-20-22-15-8-7-14(9-16(15)28-20)13-5-3-2-4-6-13/h2-9H,10-12H2,1H3,(H,21,25). The number of hydrogen-bond donors (Lipinski definition) is 1. The second kappa shape index (κ2) is 8.28. The zero-order valence-corrected chi connectivity index (χ0v) is 16.0. The van der Waals surface area contributed by atoms with Crippen molar-refractivity contribution in [2.45, 2.75) is 13.0 Å². The monoisotopic (exact) mass is 394 g/mol. The van der Waals surface area contributed by atoms with Crippen LogP contribution in [0.25, 0.3) is 21.3 Å². The van der Waals surface area contributed by atoms with Crippen molar-refractivity contribution < 1.29 is 13.9 Å². The summed E-state index contributed by atoms with van der Waals surface area (Å²) in [5, 5.41) is 11.5. The highest BCUT2D eigenvalue weighted by atomic mass is 32.1. The van der Waals surface area contributed by atoms with Gasteiger partial charge in [0.2, 0.25) is 17.7 Å². The third-order valence-corrected chi connectivity index (χ3v) is 5.08. The summed E-state index contributed by atoms with van der Waals surface area (Å²) in [5.41, 5.74) is 3.29. The van der Waals surface area contributed by atoms with Gasteiger partial charge in [-0.05, 0) is 23.3 Å². The summed E-state index contributed by atoms with van der Waals surface area (Å²) < 4.78 is 11.5. The minimum absolute atomic E-state index is 0.00231. The lowest BCUT2D eigenvalue weighted by molar-refractivity contribution is -0.125. The Bertz CT molecular complexity index is 1090. The fourth-order valence-electron chi connectivity index (χ4n) is 2.78. The zero-order chi connectivity index (χ0) is 19.3. The number of carbonyl (C=O) groups is 1. The van der Waals surface area contributed by atoms with E-state index in [1.807, 2.05) is 24.3 Å². The summed E-state index contributed by atoms with van der Waals surface area (Å²) in [6.45, 7) is 0.174. The van der Waals surface area contributed by atoms with Gasteiger partial charge in [-0.25, -0.2) is 4.98 Å². The molecule has 8 heteroatoms. The van der Waals surface area contributed by atoms with Crippen LogP contribution in [0, 0.1) is 0 Å². The second-order valence-electron chi connectivity index (χ2n) is 6.13. The molecule has 0 aliphatic heterocycles. The van der Waals surface area contributed by atoms with Gasteiger partial charge in [0.05, 0.1) is 23.2 Å². The smallest absolute Gasteiger partial charge is 0.246 e. The molecule has 28 heavy (non-hydrogen) atoms. The van der Waals surface area contributed by atoms with Gasteiger partial charge in [0, 0.05) is 7.11 Å². The van der Waals surface area contributed by atoms with Gasteiger partial charge in [0.25, 0.3) is 0 Å². The predicted octanol–water partition coefficient (Wildman–Crippen LogP) is 3.20. The molecule has 0 spiro atoms. The molecular formula is C20H18N4O3S. The van der Waals surface area contributed by atoms with E-state index in [0.717, 1.165) is 20.8 Å². The van der Waals surface area contributed by atoms with E-state index in [1.54, 1.807) is 11.3 Å². The first kappa shape index (κ1) is 18.3. The molecule has 0 radical (unpaired) electrons. The van der Waals surface area contributed by atoms with Crippen LogP contribution < -0.4 is 5.32 Å². The van der Waals surface area contributed by atoms with E-state index in [4.69, 9.17) is 9.15 Å². The topological polar surface area (TPSA) is 90.1 Å². The first-order chi connectivity index (χ1) is 13.7. The Morgan fingerprint density at radius 2 is 1.93 bits per heavy atom. The van der Waals surface area contributed by atoms with E-state index in [0.29, 0.717) is 18.2 Å². The molecule has 4 rings (SSSR count). The van der Waals surface area contributed by atoms with Crippen molar-refractivity contribution in [1.29, 1.82) is 0 Å². The number of benzene rings is 2. The van der Waals surface area contributed by atoms with Crippen LogP contribution in [0.2, 0.25) is 0 Å². The molecular weight excluding hydrogens is 376 g/mol. The van der Waals surface area contributed by atoms with Gasteiger partial charge in [0.15, 0.2) is 0 Å². The SMILES string of the molecule is COCC(=O)NCc1nnc(Cc2nc3ccc(-c4ccccc4)cc3s2)o1. The molecule has 0 atom stereocenters. The van der Waals surface area contributed by atoms with Crippen LogP contribution in [0.1, 0.15) is 16.8 Å². The van der Waals surface area contributed by atoms with E-state index in [9.17, 15) is 4.79 Å². The molecule has 0 fully saturated rings. The number of nitrogens with one attached hydrogen (secondary N) is 1. The second-order valence-corrected chi connectivity index (χ2v) is 7.25. The van der Waals surface area contributed by atoms with E-state index >= 15 is 0 Å². The number of rotatable bonds is 7. The highest BCUT2D eigenvalue weighted by molar-refractivity contribution is 7.18. The molecule has 0 unspecified atom stereocenters. The quantitative estimate of drug-likeness (QED) is 0.518. The van der Waals surface area contributed by atoms with Gasteiger partial charge in [-0.1, -0.05) is 36.4 Å². The average Bonchev–Trinajstić information content (AvgIpc) is 3.33. The molecule has 142 valence electrons. The van der Waals surface area contributed by atoms with Crippen LogP contribution in [-0.4, -0.2) is 34.8 Å². The minimum Gasteiger partial charge on any atom is -0.423 e. The molecule has 7 nitrogen and oxygen atoms in total. The zero-order valence-electron chi connectivity index (χ0n) is 15.2. The van der Waals surface area contributed by atoms with E-state index in [2.05, 4.69) is 44.8 Å². The minimum atomic E-state index is -0.234. The maximum atomic E-state index is 11.4. The maximum Gasteiger partial charge on any atom is 0.246 e. The van der Waals surface area contributed by atoms with Crippen LogP contribution in [-0.2, 0) is 22.5 Å². The van der Waals surface area contributed by atoms with E-state index < -0.39 is 0 Å². The third kappa shape index (κ3) is 4.24. The molecule has 1 amide bonds. The molecule has 0 aliphatic rings. The van der Waals surface area contributed by atoms with Crippen molar-refractivity contribution in [2.24, 2.45) is 0 Å². The fourth-order valence-corrected chi connectivity index (χ4v) is 3.77. The van der Waals surface area contributed by atoms with Crippen LogP contribution in [0.15, 0.2) is 52.9 Å². The molecule has 2 aromatic carbocycles. The lowest BCUT2D eigenvalue weighted by Gasteiger charge is -2.00. The number of methoxy groups -OCH3 is 1. The number of aromatic nitrogens is 3. The highest BCUT2D eigenvalue weighted by Crippen LogP contribution is 2.29. The van der Waals surface area contributed by atoms with Gasteiger partial charge in [-0.15, -0.1) is 21.5 Å². The number of fused-ring (bicyclic) bond motifs is 1. The average molecular weight is 394 g/mol. The molecule has 0 saturated heterocycles. The van der Waals surface area contributed by atoms with Gasteiger partial charge in [-0.2, -0.15) is 0 Å². The normalized spacial score (nSPS) is 11.0. The van der Waals surface area contributed by atoms with Crippen LogP contribution >= 0.6 is 11.3 Å². The lowest BCUT2D eigenvalue weighted by atomic mass is 10.1. The molecule has 4 aromatic rings. The first-order valence-electron chi connectivity index (χ1n) is 8.73. The predicted molar refractivity (Wildman–Crippen MR) is 106 cm³/mol. The summed E-state index contributed by atoms with van der Waals surface area (Å²) in [7, 11) is 1.46. The van der Waals surface area contributed by atoms with Gasteiger partial charge >= 0.3 is 0 Å². The summed E-state index contributed by atoms with van der Waals surface area (Å²) in [4.78, 5) is 16.1. The summed E-state index contributed by atoms with van der Waals surface area (Å²) >= 11 is 1.61. The number of amides is 1. The molecule has 0 saturated carbocycles. The lowest BCUT2D eigenvalue weighted by Crippen LogP contribution is -2.26. The molecule has 0 bridgehead atoms. The van der Waals surface area contributed by atoms with Gasteiger partial charge < -0.3 is 14.5 Å². The third-order valence-electron chi connectivity index (χ3n) is 4.06. The Hall–Kier alpha value is -3.10. The Balaban J connectivity index is 1.46. The van der Waals surface area contributed by atoms with Crippen LogP contribution in [0.3, 0.4) is 0 Å². The molecule has 2 aromatic heterocycles. The van der Waals surface area contributed by atoms with Gasteiger partial charge in [0.1, 0.15) is 11.6 Å². The summed E-state index contributed by atoms with van der Waals surface area (Å²) in [5.74, 6) is 0.591. The number of ether oxygens (including phenoxy) is 1. The fraction of sp³-hybridized carbons (Fsp3) is 0.200. The van der Waals surface area contributed by atoms with Crippen molar-refractivity contribution in [3.05, 3.63) is 65.3 Å².